The number of rotatable bonds is 4. The van der Waals surface area contributed by atoms with Crippen molar-refractivity contribution in [1.82, 2.24) is 19.7 Å². The Labute approximate surface area is 164 Å². The van der Waals surface area contributed by atoms with Crippen LogP contribution in [0.3, 0.4) is 0 Å². The van der Waals surface area contributed by atoms with E-state index >= 15 is 0 Å². The number of pyridine rings is 2. The number of carbonyl (C=O) groups excluding carboxylic acids is 1. The molecule has 0 unspecified atom stereocenters. The van der Waals surface area contributed by atoms with Gasteiger partial charge in [0.1, 0.15) is 5.75 Å². The molecule has 4 rings (SSSR count). The van der Waals surface area contributed by atoms with E-state index in [1.807, 2.05) is 56.8 Å². The van der Waals surface area contributed by atoms with Crippen LogP contribution in [0.2, 0.25) is 0 Å². The molecule has 0 aliphatic carbocycles. The lowest BCUT2D eigenvalue weighted by molar-refractivity contribution is 0.0980. The highest BCUT2D eigenvalue weighted by atomic mass is 16.5. The van der Waals surface area contributed by atoms with E-state index in [1.165, 1.54) is 0 Å². The predicted molar refractivity (Wildman–Crippen MR) is 106 cm³/mol. The average molecular weight is 377 g/mol. The zero-order valence-electron chi connectivity index (χ0n) is 16.7. The summed E-state index contributed by atoms with van der Waals surface area (Å²) in [5, 5.41) is 4.54. The van der Waals surface area contributed by atoms with Crippen molar-refractivity contribution >= 4 is 11.7 Å². The smallest absolute Gasteiger partial charge is 0.262 e. The number of aromatic nitrogens is 4. The van der Waals surface area contributed by atoms with Gasteiger partial charge in [-0.05, 0) is 45.4 Å². The van der Waals surface area contributed by atoms with E-state index in [0.717, 1.165) is 29.1 Å². The van der Waals surface area contributed by atoms with Crippen molar-refractivity contribution in [3.05, 3.63) is 53.6 Å². The molecule has 0 aromatic carbocycles. The molecule has 28 heavy (non-hydrogen) atoms. The van der Waals surface area contributed by atoms with Gasteiger partial charge in [-0.2, -0.15) is 5.10 Å². The minimum absolute atomic E-state index is 0.0679. The topological polar surface area (TPSA) is 73.1 Å². The quantitative estimate of drug-likeness (QED) is 0.695. The molecule has 1 aliphatic rings. The Morgan fingerprint density at radius 2 is 2.00 bits per heavy atom. The molecule has 3 aromatic rings. The first-order chi connectivity index (χ1) is 13.4. The van der Waals surface area contributed by atoms with Crippen LogP contribution in [0.5, 0.6) is 5.75 Å². The number of ether oxygens (including phenoxy) is 1. The van der Waals surface area contributed by atoms with E-state index in [1.54, 1.807) is 24.4 Å². The number of fused-ring (bicyclic) bond motifs is 1. The Hall–Kier alpha value is -3.22. The van der Waals surface area contributed by atoms with Crippen LogP contribution in [0.15, 0.2) is 36.8 Å². The molecular formula is C21H23N5O2. The number of anilines is 1. The highest BCUT2D eigenvalue weighted by Crippen LogP contribution is 2.42. The van der Waals surface area contributed by atoms with E-state index in [4.69, 9.17) is 9.72 Å². The van der Waals surface area contributed by atoms with Crippen molar-refractivity contribution in [2.24, 2.45) is 0 Å². The molecule has 7 nitrogen and oxygen atoms in total. The summed E-state index contributed by atoms with van der Waals surface area (Å²) in [5.74, 6) is 1.24. The van der Waals surface area contributed by atoms with Crippen molar-refractivity contribution in [3.8, 4) is 17.0 Å². The van der Waals surface area contributed by atoms with Crippen LogP contribution in [0.25, 0.3) is 11.3 Å². The van der Waals surface area contributed by atoms with E-state index in [0.29, 0.717) is 17.1 Å². The van der Waals surface area contributed by atoms with Gasteiger partial charge in [0.25, 0.3) is 5.91 Å². The third-order valence-corrected chi connectivity index (χ3v) is 5.20. The molecule has 1 aliphatic heterocycles. The maximum Gasteiger partial charge on any atom is 0.262 e. The fourth-order valence-electron chi connectivity index (χ4n) is 3.71. The lowest BCUT2D eigenvalue weighted by Gasteiger charge is -2.29. The monoisotopic (exact) mass is 377 g/mol. The van der Waals surface area contributed by atoms with E-state index in [2.05, 4.69) is 10.1 Å². The Balaban J connectivity index is 1.84. The third-order valence-electron chi connectivity index (χ3n) is 5.20. The maximum absolute atomic E-state index is 13.3. The van der Waals surface area contributed by atoms with Crippen LogP contribution in [-0.4, -0.2) is 32.8 Å². The van der Waals surface area contributed by atoms with E-state index < -0.39 is 5.54 Å². The summed E-state index contributed by atoms with van der Waals surface area (Å²) in [5.41, 5.74) is 3.29. The minimum atomic E-state index is -0.619. The van der Waals surface area contributed by atoms with E-state index in [-0.39, 0.29) is 5.91 Å². The minimum Gasteiger partial charge on any atom is -0.495 e. The number of hydrogen-bond donors (Lipinski definition) is 0. The first kappa shape index (κ1) is 18.2. The van der Waals surface area contributed by atoms with Gasteiger partial charge in [-0.1, -0.05) is 0 Å². The molecule has 0 bridgehead atoms. The SMILES string of the molecule is CCn1ccc(N2C(=O)c3c(C)cc(-c4cncc(OC)c4)nc3C2(C)C)n1. The summed E-state index contributed by atoms with van der Waals surface area (Å²) >= 11 is 0. The fourth-order valence-corrected chi connectivity index (χ4v) is 3.71. The van der Waals surface area contributed by atoms with Gasteiger partial charge in [0.2, 0.25) is 0 Å². The average Bonchev–Trinajstić information content (AvgIpc) is 3.22. The molecule has 0 saturated carbocycles. The van der Waals surface area contributed by atoms with Gasteiger partial charge in [0, 0.05) is 30.6 Å². The molecule has 0 saturated heterocycles. The second-order valence-corrected chi connectivity index (χ2v) is 7.39. The van der Waals surface area contributed by atoms with Crippen molar-refractivity contribution < 1.29 is 9.53 Å². The predicted octanol–water partition coefficient (Wildman–Crippen LogP) is 3.57. The number of amides is 1. The zero-order chi connectivity index (χ0) is 20.1. The first-order valence-electron chi connectivity index (χ1n) is 9.26. The van der Waals surface area contributed by atoms with E-state index in [9.17, 15) is 4.79 Å². The molecule has 0 spiro atoms. The molecule has 144 valence electrons. The molecule has 0 fully saturated rings. The first-order valence-corrected chi connectivity index (χ1v) is 9.26. The van der Waals surface area contributed by atoms with Gasteiger partial charge < -0.3 is 4.74 Å². The van der Waals surface area contributed by atoms with Gasteiger partial charge in [-0.15, -0.1) is 0 Å². The largest absolute Gasteiger partial charge is 0.495 e. The summed E-state index contributed by atoms with van der Waals surface area (Å²) in [6.45, 7) is 8.71. The second kappa shape index (κ2) is 6.44. The van der Waals surface area contributed by atoms with Crippen LogP contribution >= 0.6 is 0 Å². The standard InChI is InChI=1S/C21H23N5O2/c1-6-25-8-7-17(24-25)26-20(27)18-13(2)9-16(23-19(18)21(26,3)4)14-10-15(28-5)12-22-11-14/h7-12H,6H2,1-5H3. The van der Waals surface area contributed by atoms with Gasteiger partial charge in [0.15, 0.2) is 5.82 Å². The molecule has 1 amide bonds. The Bertz CT molecular complexity index is 1070. The lowest BCUT2D eigenvalue weighted by atomic mass is 9.96. The maximum atomic E-state index is 13.3. The normalized spacial score (nSPS) is 15.0. The number of carbonyl (C=O) groups is 1. The Morgan fingerprint density at radius 3 is 2.68 bits per heavy atom. The van der Waals surface area contributed by atoms with Crippen LogP contribution in [0, 0.1) is 6.92 Å². The molecular weight excluding hydrogens is 354 g/mol. The van der Waals surface area contributed by atoms with Crippen LogP contribution in [0.4, 0.5) is 5.82 Å². The molecule has 0 atom stereocenters. The van der Waals surface area contributed by atoms with Gasteiger partial charge >= 0.3 is 0 Å². The summed E-state index contributed by atoms with van der Waals surface area (Å²) in [6.07, 6.45) is 5.29. The fraction of sp³-hybridized carbons (Fsp3) is 0.333. The molecule has 4 heterocycles. The summed E-state index contributed by atoms with van der Waals surface area (Å²) in [7, 11) is 1.61. The Kier molecular flexibility index (Phi) is 4.18. The van der Waals surface area contributed by atoms with Crippen molar-refractivity contribution in [2.45, 2.75) is 39.8 Å². The van der Waals surface area contributed by atoms with Crippen molar-refractivity contribution in [2.75, 3.05) is 12.0 Å². The van der Waals surface area contributed by atoms with Gasteiger partial charge in [-0.3, -0.25) is 19.4 Å². The third kappa shape index (κ3) is 2.66. The number of aryl methyl sites for hydroxylation is 2. The highest BCUT2D eigenvalue weighted by molar-refractivity contribution is 6.12. The van der Waals surface area contributed by atoms with Crippen molar-refractivity contribution in [3.63, 3.8) is 0 Å². The number of methoxy groups -OCH3 is 1. The molecule has 0 radical (unpaired) electrons. The van der Waals surface area contributed by atoms with Crippen molar-refractivity contribution in [1.29, 1.82) is 0 Å². The Morgan fingerprint density at radius 1 is 1.21 bits per heavy atom. The van der Waals surface area contributed by atoms with Gasteiger partial charge in [0.05, 0.1) is 35.8 Å². The second-order valence-electron chi connectivity index (χ2n) is 7.39. The number of hydrogen-bond acceptors (Lipinski definition) is 5. The zero-order valence-corrected chi connectivity index (χ0v) is 16.7. The summed E-state index contributed by atoms with van der Waals surface area (Å²) in [4.78, 5) is 24.1. The molecule has 7 heteroatoms. The lowest BCUT2D eigenvalue weighted by Crippen LogP contribution is -2.40. The van der Waals surface area contributed by atoms with Crippen LogP contribution in [-0.2, 0) is 12.1 Å². The summed E-state index contributed by atoms with van der Waals surface area (Å²) < 4.78 is 7.10. The molecule has 3 aromatic heterocycles. The van der Waals surface area contributed by atoms with Crippen LogP contribution in [0.1, 0.15) is 42.4 Å². The highest BCUT2D eigenvalue weighted by Gasteiger charge is 2.47. The molecule has 0 N–H and O–H groups in total. The summed E-state index contributed by atoms with van der Waals surface area (Å²) in [6, 6.07) is 5.69. The van der Waals surface area contributed by atoms with Crippen LogP contribution < -0.4 is 9.64 Å². The van der Waals surface area contributed by atoms with Gasteiger partial charge in [-0.25, -0.2) is 4.98 Å². The number of nitrogens with zero attached hydrogens (tertiary/aromatic N) is 5.